The van der Waals surface area contributed by atoms with E-state index >= 15 is 0 Å². The van der Waals surface area contributed by atoms with Crippen LogP contribution in [0.4, 0.5) is 5.69 Å². The molecular weight excluding hydrogens is 352 g/mol. The first kappa shape index (κ1) is 19.7. The third kappa shape index (κ3) is 3.79. The minimum atomic E-state index is -0.269. The van der Waals surface area contributed by atoms with Crippen molar-refractivity contribution >= 4 is 23.1 Å². The Morgan fingerprint density at radius 1 is 0.964 bits per heavy atom. The van der Waals surface area contributed by atoms with Crippen LogP contribution in [-0.2, 0) is 9.59 Å². The lowest BCUT2D eigenvalue weighted by Crippen LogP contribution is -2.33. The van der Waals surface area contributed by atoms with E-state index in [1.165, 1.54) is 4.90 Å². The van der Waals surface area contributed by atoms with Gasteiger partial charge in [0.15, 0.2) is 0 Å². The number of anilines is 1. The molecule has 28 heavy (non-hydrogen) atoms. The summed E-state index contributed by atoms with van der Waals surface area (Å²) >= 11 is 0. The Labute approximate surface area is 166 Å². The molecule has 0 atom stereocenters. The first-order chi connectivity index (χ1) is 13.4. The normalized spacial score (nSPS) is 14.2. The molecule has 0 fully saturated rings. The van der Waals surface area contributed by atoms with Gasteiger partial charge in [-0.15, -0.1) is 0 Å². The summed E-state index contributed by atoms with van der Waals surface area (Å²) < 4.78 is 5.73. The number of imide groups is 1. The number of carbonyl (C=O) groups excluding carboxylic acids is 2. The third-order valence-electron chi connectivity index (χ3n) is 4.67. The molecule has 5 nitrogen and oxygen atoms in total. The maximum Gasteiger partial charge on any atom is 0.278 e. The highest BCUT2D eigenvalue weighted by Gasteiger charge is 2.40. The Bertz CT molecular complexity index is 886. The molecule has 1 aliphatic rings. The Hall–Kier alpha value is -3.08. The number of benzene rings is 2. The van der Waals surface area contributed by atoms with E-state index in [4.69, 9.17) is 4.74 Å². The molecule has 2 amide bonds. The van der Waals surface area contributed by atoms with Crippen molar-refractivity contribution in [1.82, 2.24) is 4.90 Å². The predicted molar refractivity (Wildman–Crippen MR) is 111 cm³/mol. The van der Waals surface area contributed by atoms with Crippen LogP contribution in [0.5, 0.6) is 5.75 Å². The topological polar surface area (TPSA) is 49.9 Å². The van der Waals surface area contributed by atoms with Crippen LogP contribution in [-0.4, -0.2) is 36.9 Å². The highest BCUT2D eigenvalue weighted by molar-refractivity contribution is 6.36. The molecule has 0 saturated heterocycles. The van der Waals surface area contributed by atoms with Crippen LogP contribution in [0.1, 0.15) is 26.3 Å². The standard InChI is InChI=1S/C23H26N2O3/c1-5-25-22(26)20(17-11-13-19(14-12-17)28-15-16(2)3)21(23(25)27)24(4)18-9-7-6-8-10-18/h6-14,16H,5,15H2,1-4H3. The van der Waals surface area contributed by atoms with Gasteiger partial charge in [-0.25, -0.2) is 0 Å². The second-order valence-electron chi connectivity index (χ2n) is 7.20. The van der Waals surface area contributed by atoms with E-state index in [2.05, 4.69) is 13.8 Å². The molecule has 0 N–H and O–H groups in total. The van der Waals surface area contributed by atoms with E-state index in [0.29, 0.717) is 35.9 Å². The summed E-state index contributed by atoms with van der Waals surface area (Å²) in [5, 5.41) is 0. The van der Waals surface area contributed by atoms with Gasteiger partial charge in [-0.1, -0.05) is 44.2 Å². The molecule has 0 aromatic heterocycles. The van der Waals surface area contributed by atoms with Gasteiger partial charge < -0.3 is 9.64 Å². The van der Waals surface area contributed by atoms with Gasteiger partial charge in [-0.3, -0.25) is 14.5 Å². The van der Waals surface area contributed by atoms with Crippen LogP contribution in [0.2, 0.25) is 0 Å². The summed E-state index contributed by atoms with van der Waals surface area (Å²) in [6.45, 7) is 6.95. The molecule has 2 aromatic rings. The van der Waals surface area contributed by atoms with E-state index in [1.807, 2.05) is 68.6 Å². The molecule has 0 spiro atoms. The van der Waals surface area contributed by atoms with E-state index in [-0.39, 0.29) is 11.8 Å². The van der Waals surface area contributed by atoms with Crippen LogP contribution in [0.25, 0.3) is 5.57 Å². The lowest BCUT2D eigenvalue weighted by Gasteiger charge is -2.21. The molecule has 1 heterocycles. The Balaban J connectivity index is 2.01. The van der Waals surface area contributed by atoms with Crippen molar-refractivity contribution < 1.29 is 14.3 Å². The van der Waals surface area contributed by atoms with E-state index in [9.17, 15) is 9.59 Å². The molecule has 0 radical (unpaired) electrons. The quantitative estimate of drug-likeness (QED) is 0.685. The van der Waals surface area contributed by atoms with Gasteiger partial charge in [0.1, 0.15) is 11.4 Å². The Morgan fingerprint density at radius 2 is 1.61 bits per heavy atom. The average molecular weight is 378 g/mol. The SMILES string of the molecule is CCN1C(=O)C(c2ccc(OCC(C)C)cc2)=C(N(C)c2ccccc2)C1=O. The van der Waals surface area contributed by atoms with E-state index in [1.54, 1.807) is 4.90 Å². The summed E-state index contributed by atoms with van der Waals surface area (Å²) in [6.07, 6.45) is 0. The van der Waals surface area contributed by atoms with Crippen molar-refractivity contribution in [2.45, 2.75) is 20.8 Å². The van der Waals surface area contributed by atoms with E-state index < -0.39 is 0 Å². The highest BCUT2D eigenvalue weighted by atomic mass is 16.5. The summed E-state index contributed by atoms with van der Waals surface area (Å²) in [6, 6.07) is 16.9. The average Bonchev–Trinajstić information content (AvgIpc) is 2.96. The Morgan fingerprint density at radius 3 is 2.18 bits per heavy atom. The molecule has 1 aliphatic heterocycles. The number of hydrogen-bond acceptors (Lipinski definition) is 4. The van der Waals surface area contributed by atoms with Crippen LogP contribution < -0.4 is 9.64 Å². The minimum Gasteiger partial charge on any atom is -0.493 e. The number of rotatable bonds is 7. The maximum absolute atomic E-state index is 13.0. The first-order valence-electron chi connectivity index (χ1n) is 9.56. The molecule has 2 aromatic carbocycles. The first-order valence-corrected chi connectivity index (χ1v) is 9.56. The monoisotopic (exact) mass is 378 g/mol. The van der Waals surface area contributed by atoms with Crippen LogP contribution >= 0.6 is 0 Å². The summed E-state index contributed by atoms with van der Waals surface area (Å²) in [7, 11) is 1.81. The Kier molecular flexibility index (Phi) is 5.83. The van der Waals surface area contributed by atoms with E-state index in [0.717, 1.165) is 11.4 Å². The lowest BCUT2D eigenvalue weighted by molar-refractivity contribution is -0.136. The van der Waals surface area contributed by atoms with Crippen molar-refractivity contribution in [2.24, 2.45) is 5.92 Å². The fourth-order valence-electron chi connectivity index (χ4n) is 3.18. The number of nitrogens with zero attached hydrogens (tertiary/aromatic N) is 2. The van der Waals surface area contributed by atoms with Crippen LogP contribution in [0, 0.1) is 5.92 Å². The van der Waals surface area contributed by atoms with Gasteiger partial charge in [0.25, 0.3) is 11.8 Å². The molecule has 0 unspecified atom stereocenters. The third-order valence-corrected chi connectivity index (χ3v) is 4.67. The molecule has 0 aliphatic carbocycles. The second-order valence-corrected chi connectivity index (χ2v) is 7.20. The van der Waals surface area contributed by atoms with Crippen molar-refractivity contribution in [3.8, 4) is 5.75 Å². The smallest absolute Gasteiger partial charge is 0.278 e. The van der Waals surface area contributed by atoms with Crippen LogP contribution in [0.15, 0.2) is 60.3 Å². The number of hydrogen-bond donors (Lipinski definition) is 0. The van der Waals surface area contributed by atoms with Crippen molar-refractivity contribution in [3.63, 3.8) is 0 Å². The number of ether oxygens (including phenoxy) is 1. The summed E-state index contributed by atoms with van der Waals surface area (Å²) in [4.78, 5) is 29.0. The zero-order valence-electron chi connectivity index (χ0n) is 16.8. The number of likely N-dealkylation sites (N-methyl/N-ethyl adjacent to an activating group) is 2. The second kappa shape index (κ2) is 8.30. The molecule has 5 heteroatoms. The summed E-state index contributed by atoms with van der Waals surface area (Å²) in [5.41, 5.74) is 2.39. The summed E-state index contributed by atoms with van der Waals surface area (Å²) in [5.74, 6) is 0.649. The minimum absolute atomic E-state index is 0.263. The zero-order chi connectivity index (χ0) is 20.3. The largest absolute Gasteiger partial charge is 0.493 e. The number of para-hydroxylation sites is 1. The zero-order valence-corrected chi connectivity index (χ0v) is 16.8. The molecular formula is C23H26N2O3. The number of carbonyl (C=O) groups is 2. The van der Waals surface area contributed by atoms with Crippen molar-refractivity contribution in [1.29, 1.82) is 0 Å². The van der Waals surface area contributed by atoms with Gasteiger partial charge in [0, 0.05) is 19.3 Å². The molecule has 0 bridgehead atoms. The lowest BCUT2D eigenvalue weighted by atomic mass is 10.0. The fraction of sp³-hybridized carbons (Fsp3) is 0.304. The van der Waals surface area contributed by atoms with Gasteiger partial charge in [-0.05, 0) is 42.7 Å². The fourth-order valence-corrected chi connectivity index (χ4v) is 3.18. The highest BCUT2D eigenvalue weighted by Crippen LogP contribution is 2.33. The van der Waals surface area contributed by atoms with Crippen molar-refractivity contribution in [3.05, 3.63) is 65.9 Å². The molecule has 0 saturated carbocycles. The van der Waals surface area contributed by atoms with Crippen molar-refractivity contribution in [2.75, 3.05) is 25.1 Å². The van der Waals surface area contributed by atoms with Gasteiger partial charge in [0.2, 0.25) is 0 Å². The van der Waals surface area contributed by atoms with Gasteiger partial charge in [-0.2, -0.15) is 0 Å². The predicted octanol–water partition coefficient (Wildman–Crippen LogP) is 3.96. The van der Waals surface area contributed by atoms with Crippen LogP contribution in [0.3, 0.4) is 0 Å². The van der Waals surface area contributed by atoms with Gasteiger partial charge >= 0.3 is 0 Å². The molecule has 3 rings (SSSR count). The van der Waals surface area contributed by atoms with Gasteiger partial charge in [0.05, 0.1) is 12.2 Å². The maximum atomic E-state index is 13.0. The number of amides is 2. The molecule has 146 valence electrons.